The van der Waals surface area contributed by atoms with Crippen molar-refractivity contribution in [3.63, 3.8) is 0 Å². The van der Waals surface area contributed by atoms with Crippen LogP contribution in [0.15, 0.2) is 140 Å². The zero-order chi connectivity index (χ0) is 30.4. The van der Waals surface area contributed by atoms with Crippen molar-refractivity contribution >= 4 is 22.6 Å². The molecule has 216 valence electrons. The summed E-state index contributed by atoms with van der Waals surface area (Å²) in [5.74, 6) is 1.95. The molecule has 0 spiro atoms. The van der Waals surface area contributed by atoms with Crippen molar-refractivity contribution in [1.82, 2.24) is 19.5 Å². The molecule has 0 unspecified atom stereocenters. The van der Waals surface area contributed by atoms with Crippen LogP contribution in [0, 0.1) is 0 Å². The van der Waals surface area contributed by atoms with Gasteiger partial charge in [0.05, 0.1) is 11.2 Å². The van der Waals surface area contributed by atoms with Gasteiger partial charge in [-0.2, -0.15) is 0 Å². The van der Waals surface area contributed by atoms with Crippen molar-refractivity contribution in [3.8, 4) is 39.9 Å². The monoisotopic (exact) mass is 580 g/mol. The molecule has 0 bridgehead atoms. The second-order valence-corrected chi connectivity index (χ2v) is 12.3. The molecular formula is C41H32N4. The van der Waals surface area contributed by atoms with Crippen LogP contribution in [0.1, 0.15) is 37.0 Å². The molecule has 0 amide bonds. The van der Waals surface area contributed by atoms with Gasteiger partial charge in [0.25, 0.3) is 0 Å². The number of para-hydroxylation sites is 2. The van der Waals surface area contributed by atoms with E-state index in [1.54, 1.807) is 0 Å². The smallest absolute Gasteiger partial charge is 0.166 e. The highest BCUT2D eigenvalue weighted by molar-refractivity contribution is 5.98. The van der Waals surface area contributed by atoms with Crippen molar-refractivity contribution in [2.75, 3.05) is 0 Å². The largest absolute Gasteiger partial charge is 0.315 e. The van der Waals surface area contributed by atoms with E-state index in [-0.39, 0.29) is 5.41 Å². The Bertz CT molecular complexity index is 2150. The molecule has 5 aromatic carbocycles. The number of fused-ring (bicyclic) bond motifs is 2. The number of aromatic nitrogens is 4. The molecule has 45 heavy (non-hydrogen) atoms. The van der Waals surface area contributed by atoms with Gasteiger partial charge in [0.15, 0.2) is 17.5 Å². The van der Waals surface area contributed by atoms with Crippen LogP contribution < -0.4 is 0 Å². The molecule has 0 aliphatic heterocycles. The average molecular weight is 581 g/mol. The zero-order valence-corrected chi connectivity index (χ0v) is 25.4. The summed E-state index contributed by atoms with van der Waals surface area (Å²) in [5, 5.41) is 1.22. The van der Waals surface area contributed by atoms with E-state index in [9.17, 15) is 0 Å². The Morgan fingerprint density at radius 2 is 1.13 bits per heavy atom. The molecule has 1 aliphatic rings. The van der Waals surface area contributed by atoms with Crippen molar-refractivity contribution < 1.29 is 0 Å². The zero-order valence-electron chi connectivity index (χ0n) is 25.4. The maximum atomic E-state index is 5.05. The average Bonchev–Trinajstić information content (AvgIpc) is 3.59. The molecule has 0 fully saturated rings. The van der Waals surface area contributed by atoms with Crippen molar-refractivity contribution in [3.05, 3.63) is 156 Å². The van der Waals surface area contributed by atoms with Gasteiger partial charge in [-0.25, -0.2) is 15.0 Å². The molecule has 8 rings (SSSR count). The number of benzene rings is 5. The summed E-state index contributed by atoms with van der Waals surface area (Å²) < 4.78 is 2.29. The number of hydrogen-bond acceptors (Lipinski definition) is 3. The van der Waals surface area contributed by atoms with E-state index in [0.29, 0.717) is 17.5 Å². The summed E-state index contributed by atoms with van der Waals surface area (Å²) in [6.45, 7) is 4.68. The quantitative estimate of drug-likeness (QED) is 0.203. The Morgan fingerprint density at radius 1 is 0.578 bits per heavy atom. The first-order valence-electron chi connectivity index (χ1n) is 15.4. The van der Waals surface area contributed by atoms with E-state index in [0.717, 1.165) is 34.3 Å². The summed E-state index contributed by atoms with van der Waals surface area (Å²) in [6.07, 6.45) is 5.67. The molecular weight excluding hydrogens is 548 g/mol. The second-order valence-electron chi connectivity index (χ2n) is 12.3. The Kier molecular flexibility index (Phi) is 6.49. The SMILES string of the molecule is CC1(C)C/C(=C\c2cn(-c3ccccc3-c3nc(-c4ccccc4)nc(-c4ccccc4)n3)c3ccccc23)c2ccccc21. The molecule has 0 radical (unpaired) electrons. The molecule has 2 heterocycles. The minimum atomic E-state index is 0.110. The normalized spacial score (nSPS) is 14.6. The maximum absolute atomic E-state index is 5.05. The highest BCUT2D eigenvalue weighted by Crippen LogP contribution is 2.46. The van der Waals surface area contributed by atoms with Gasteiger partial charge in [0.1, 0.15) is 0 Å². The van der Waals surface area contributed by atoms with E-state index < -0.39 is 0 Å². The van der Waals surface area contributed by atoms with Gasteiger partial charge in [-0.3, -0.25) is 0 Å². The number of nitrogens with zero attached hydrogens (tertiary/aromatic N) is 4. The molecule has 0 saturated heterocycles. The summed E-state index contributed by atoms with van der Waals surface area (Å²) in [7, 11) is 0. The standard InChI is InChI=1S/C41H32N4/c1-41(2)26-30(32-19-9-12-22-35(32)41)25-31-27-45(36-23-13-10-20-33(31)36)37-24-14-11-21-34(37)40-43-38(28-15-5-3-6-16-28)42-39(44-40)29-17-7-4-8-18-29/h3-25,27H,26H2,1-2H3/b30-25+. The topological polar surface area (TPSA) is 43.6 Å². The van der Waals surface area contributed by atoms with Crippen molar-refractivity contribution in [1.29, 1.82) is 0 Å². The minimum absolute atomic E-state index is 0.110. The van der Waals surface area contributed by atoms with Gasteiger partial charge in [0.2, 0.25) is 0 Å². The Balaban J connectivity index is 1.31. The number of hydrogen-bond donors (Lipinski definition) is 0. The van der Waals surface area contributed by atoms with Gasteiger partial charge in [0, 0.05) is 33.8 Å². The Hall–Kier alpha value is -5.61. The first kappa shape index (κ1) is 27.0. The van der Waals surface area contributed by atoms with Crippen LogP contribution in [-0.2, 0) is 5.41 Å². The fourth-order valence-corrected chi connectivity index (χ4v) is 6.66. The number of rotatable bonds is 5. The summed E-state index contributed by atoms with van der Waals surface area (Å²) >= 11 is 0. The lowest BCUT2D eigenvalue weighted by Gasteiger charge is -2.17. The van der Waals surface area contributed by atoms with Crippen LogP contribution in [0.5, 0.6) is 0 Å². The Labute approximate surface area is 263 Å². The highest BCUT2D eigenvalue weighted by atomic mass is 15.0. The molecule has 2 aromatic heterocycles. The van der Waals surface area contributed by atoms with Crippen LogP contribution in [-0.4, -0.2) is 19.5 Å². The minimum Gasteiger partial charge on any atom is -0.315 e. The third-order valence-electron chi connectivity index (χ3n) is 8.81. The van der Waals surface area contributed by atoms with Crippen LogP contribution >= 0.6 is 0 Å². The first-order valence-corrected chi connectivity index (χ1v) is 15.4. The highest BCUT2D eigenvalue weighted by Gasteiger charge is 2.32. The Morgan fingerprint density at radius 3 is 1.84 bits per heavy atom. The van der Waals surface area contributed by atoms with Crippen LogP contribution in [0.4, 0.5) is 0 Å². The molecule has 4 heteroatoms. The lowest BCUT2D eigenvalue weighted by molar-refractivity contribution is 0.563. The van der Waals surface area contributed by atoms with Gasteiger partial charge in [-0.05, 0) is 52.8 Å². The molecule has 0 N–H and O–H groups in total. The van der Waals surface area contributed by atoms with Gasteiger partial charge in [-0.15, -0.1) is 0 Å². The molecule has 0 saturated carbocycles. The van der Waals surface area contributed by atoms with Crippen LogP contribution in [0.3, 0.4) is 0 Å². The summed E-state index contributed by atoms with van der Waals surface area (Å²) in [4.78, 5) is 15.0. The molecule has 0 atom stereocenters. The van der Waals surface area contributed by atoms with Crippen molar-refractivity contribution in [2.45, 2.75) is 25.7 Å². The predicted octanol–water partition coefficient (Wildman–Crippen LogP) is 10.0. The van der Waals surface area contributed by atoms with E-state index in [1.807, 2.05) is 60.7 Å². The lowest BCUT2D eigenvalue weighted by Crippen LogP contribution is -2.11. The second kappa shape index (κ2) is 10.8. The first-order chi connectivity index (χ1) is 22.0. The molecule has 1 aliphatic carbocycles. The lowest BCUT2D eigenvalue weighted by atomic mass is 9.86. The van der Waals surface area contributed by atoms with Crippen LogP contribution in [0.2, 0.25) is 0 Å². The van der Waals surface area contributed by atoms with E-state index in [1.165, 1.54) is 27.6 Å². The predicted molar refractivity (Wildman–Crippen MR) is 185 cm³/mol. The third kappa shape index (κ3) is 4.85. The fourth-order valence-electron chi connectivity index (χ4n) is 6.66. The van der Waals surface area contributed by atoms with Gasteiger partial charge in [-0.1, -0.05) is 129 Å². The van der Waals surface area contributed by atoms with Gasteiger partial charge >= 0.3 is 0 Å². The van der Waals surface area contributed by atoms with Gasteiger partial charge < -0.3 is 4.57 Å². The van der Waals surface area contributed by atoms with E-state index in [4.69, 9.17) is 15.0 Å². The number of allylic oxidation sites excluding steroid dienone is 1. The maximum Gasteiger partial charge on any atom is 0.166 e. The van der Waals surface area contributed by atoms with Crippen molar-refractivity contribution in [2.24, 2.45) is 0 Å². The third-order valence-corrected chi connectivity index (χ3v) is 8.81. The van der Waals surface area contributed by atoms with E-state index in [2.05, 4.69) is 103 Å². The van der Waals surface area contributed by atoms with Crippen LogP contribution in [0.25, 0.3) is 62.4 Å². The molecule has 7 aromatic rings. The summed E-state index contributed by atoms with van der Waals surface area (Å²) in [6, 6.07) is 46.1. The molecule has 4 nitrogen and oxygen atoms in total. The fraction of sp³-hybridized carbons (Fsp3) is 0.0976. The summed E-state index contributed by atoms with van der Waals surface area (Å²) in [5.41, 5.74) is 10.5. The van der Waals surface area contributed by atoms with E-state index >= 15 is 0 Å².